The summed E-state index contributed by atoms with van der Waals surface area (Å²) in [4.78, 5) is 2.81. The molecule has 3 fully saturated rings. The van der Waals surface area contributed by atoms with Gasteiger partial charge in [0.05, 0.1) is 0 Å². The van der Waals surface area contributed by atoms with Gasteiger partial charge >= 0.3 is 0 Å². The average Bonchev–Trinajstić information content (AvgIpc) is 2.66. The maximum absolute atomic E-state index is 2.81. The number of hydrogen-bond acceptors (Lipinski definition) is 1. The second-order valence-electron chi connectivity index (χ2n) is 6.01. The van der Waals surface area contributed by atoms with E-state index in [0.717, 1.165) is 17.9 Å². The number of nitrogens with zero attached hydrogens (tertiary/aromatic N) is 1. The van der Waals surface area contributed by atoms with Crippen LogP contribution in [0.1, 0.15) is 57.8 Å². The zero-order valence-electron chi connectivity index (χ0n) is 9.96. The smallest absolute Gasteiger partial charge is 0.00981 e. The summed E-state index contributed by atoms with van der Waals surface area (Å²) < 4.78 is 0. The van der Waals surface area contributed by atoms with Gasteiger partial charge in [-0.05, 0) is 57.0 Å². The maximum Gasteiger partial charge on any atom is 0.00981 e. The Labute approximate surface area is 94.2 Å². The first-order valence-corrected chi connectivity index (χ1v) is 7.17. The Hall–Kier alpha value is -0.0400. The van der Waals surface area contributed by atoms with Gasteiger partial charge in [-0.1, -0.05) is 25.7 Å². The van der Waals surface area contributed by atoms with Crippen molar-refractivity contribution >= 4 is 0 Å². The van der Waals surface area contributed by atoms with Crippen molar-refractivity contribution < 1.29 is 0 Å². The molecule has 1 aliphatic heterocycles. The van der Waals surface area contributed by atoms with Gasteiger partial charge in [0, 0.05) is 6.04 Å². The van der Waals surface area contributed by atoms with Gasteiger partial charge in [-0.3, -0.25) is 0 Å². The molecular formula is C14H25N. The van der Waals surface area contributed by atoms with E-state index in [1.54, 1.807) is 25.7 Å². The van der Waals surface area contributed by atoms with Crippen molar-refractivity contribution in [1.29, 1.82) is 0 Å². The Kier molecular flexibility index (Phi) is 3.01. The number of likely N-dealkylation sites (tertiary alicyclic amines) is 1. The second-order valence-corrected chi connectivity index (χ2v) is 6.01. The molecule has 3 rings (SSSR count). The molecule has 3 aliphatic rings. The van der Waals surface area contributed by atoms with E-state index in [1.807, 2.05) is 0 Å². The Bertz CT molecular complexity index is 203. The van der Waals surface area contributed by atoms with Crippen LogP contribution in [0.4, 0.5) is 0 Å². The molecule has 2 atom stereocenters. The minimum Gasteiger partial charge on any atom is -0.300 e. The molecule has 0 aromatic heterocycles. The van der Waals surface area contributed by atoms with Gasteiger partial charge in [0.15, 0.2) is 0 Å². The lowest BCUT2D eigenvalue weighted by atomic mass is 9.75. The molecule has 0 spiro atoms. The molecule has 1 heterocycles. The third-order valence-corrected chi connectivity index (χ3v) is 5.17. The Balaban J connectivity index is 1.51. The van der Waals surface area contributed by atoms with Crippen LogP contribution in [0, 0.1) is 11.8 Å². The topological polar surface area (TPSA) is 3.24 Å². The summed E-state index contributed by atoms with van der Waals surface area (Å²) in [5.74, 6) is 2.26. The highest BCUT2D eigenvalue weighted by molar-refractivity contribution is 4.89. The standard InChI is InChI=1S/C14H25N/c1-2-9-15(10-3-1)14-8-7-13(11-14)12-5-4-6-12/h12-14H,1-11H2. The fourth-order valence-electron chi connectivity index (χ4n) is 3.95. The van der Waals surface area contributed by atoms with Crippen molar-refractivity contribution in [3.8, 4) is 0 Å². The predicted molar refractivity (Wildman–Crippen MR) is 63.9 cm³/mol. The SMILES string of the molecule is C1CCN(C2CCC(C3CCC3)C2)CC1. The van der Waals surface area contributed by atoms with Crippen LogP contribution in [0.25, 0.3) is 0 Å². The van der Waals surface area contributed by atoms with Crippen LogP contribution in [-0.2, 0) is 0 Å². The highest BCUT2D eigenvalue weighted by Gasteiger charge is 2.35. The minimum absolute atomic E-state index is 0.982. The Morgan fingerprint density at radius 3 is 2.13 bits per heavy atom. The highest BCUT2D eigenvalue weighted by atomic mass is 15.2. The summed E-state index contributed by atoms with van der Waals surface area (Å²) in [5.41, 5.74) is 0. The fourth-order valence-corrected chi connectivity index (χ4v) is 3.95. The number of hydrogen-bond donors (Lipinski definition) is 0. The molecule has 0 aromatic rings. The molecule has 15 heavy (non-hydrogen) atoms. The summed E-state index contributed by atoms with van der Waals surface area (Å²) in [6.07, 6.45) is 13.6. The summed E-state index contributed by atoms with van der Waals surface area (Å²) in [6, 6.07) is 0.982. The largest absolute Gasteiger partial charge is 0.300 e. The fraction of sp³-hybridized carbons (Fsp3) is 1.00. The highest BCUT2D eigenvalue weighted by Crippen LogP contribution is 2.43. The minimum atomic E-state index is 0.982. The van der Waals surface area contributed by atoms with Crippen molar-refractivity contribution in [1.82, 2.24) is 4.90 Å². The van der Waals surface area contributed by atoms with E-state index in [-0.39, 0.29) is 0 Å². The van der Waals surface area contributed by atoms with Crippen molar-refractivity contribution in [3.63, 3.8) is 0 Å². The van der Waals surface area contributed by atoms with Crippen molar-refractivity contribution in [2.24, 2.45) is 11.8 Å². The molecule has 0 N–H and O–H groups in total. The van der Waals surface area contributed by atoms with E-state index in [1.165, 1.54) is 45.2 Å². The van der Waals surface area contributed by atoms with E-state index < -0.39 is 0 Å². The van der Waals surface area contributed by atoms with Crippen molar-refractivity contribution in [2.75, 3.05) is 13.1 Å². The molecule has 86 valence electrons. The Morgan fingerprint density at radius 2 is 1.47 bits per heavy atom. The van der Waals surface area contributed by atoms with E-state index in [9.17, 15) is 0 Å². The van der Waals surface area contributed by atoms with Crippen molar-refractivity contribution in [3.05, 3.63) is 0 Å². The number of rotatable bonds is 2. The molecule has 1 nitrogen and oxygen atoms in total. The lowest BCUT2D eigenvalue weighted by molar-refractivity contribution is 0.147. The van der Waals surface area contributed by atoms with Crippen LogP contribution >= 0.6 is 0 Å². The second kappa shape index (κ2) is 4.45. The van der Waals surface area contributed by atoms with Crippen LogP contribution in [-0.4, -0.2) is 24.0 Å². The van der Waals surface area contributed by atoms with Gasteiger partial charge in [0.2, 0.25) is 0 Å². The van der Waals surface area contributed by atoms with Crippen LogP contribution in [0.3, 0.4) is 0 Å². The molecule has 0 radical (unpaired) electrons. The van der Waals surface area contributed by atoms with Crippen molar-refractivity contribution in [2.45, 2.75) is 63.8 Å². The molecule has 0 bridgehead atoms. The summed E-state index contributed by atoms with van der Waals surface area (Å²) in [5, 5.41) is 0. The van der Waals surface area contributed by atoms with Gasteiger partial charge in [-0.15, -0.1) is 0 Å². The van der Waals surface area contributed by atoms with Crippen LogP contribution in [0.5, 0.6) is 0 Å². The normalized spacial score (nSPS) is 39.2. The molecule has 0 amide bonds. The molecule has 2 saturated carbocycles. The maximum atomic E-state index is 2.81. The third kappa shape index (κ3) is 2.08. The molecule has 1 saturated heterocycles. The summed E-state index contributed by atoms with van der Waals surface area (Å²) in [7, 11) is 0. The van der Waals surface area contributed by atoms with Crippen LogP contribution < -0.4 is 0 Å². The number of piperidine rings is 1. The summed E-state index contributed by atoms with van der Waals surface area (Å²) in [6.45, 7) is 2.81. The van der Waals surface area contributed by atoms with Gasteiger partial charge < -0.3 is 4.90 Å². The lowest BCUT2D eigenvalue weighted by Gasteiger charge is -2.34. The predicted octanol–water partition coefficient (Wildman–Crippen LogP) is 3.44. The van der Waals surface area contributed by atoms with Gasteiger partial charge in [-0.2, -0.15) is 0 Å². The van der Waals surface area contributed by atoms with Gasteiger partial charge in [-0.25, -0.2) is 0 Å². The third-order valence-electron chi connectivity index (χ3n) is 5.17. The zero-order chi connectivity index (χ0) is 10.1. The monoisotopic (exact) mass is 207 g/mol. The van der Waals surface area contributed by atoms with Gasteiger partial charge in [0.1, 0.15) is 0 Å². The average molecular weight is 207 g/mol. The molecule has 2 unspecified atom stereocenters. The molecule has 0 aromatic carbocycles. The first-order valence-electron chi connectivity index (χ1n) is 7.17. The first-order chi connectivity index (χ1) is 7.43. The zero-order valence-corrected chi connectivity index (χ0v) is 9.96. The first kappa shape index (κ1) is 10.1. The quantitative estimate of drug-likeness (QED) is 0.670. The van der Waals surface area contributed by atoms with Crippen LogP contribution in [0.15, 0.2) is 0 Å². The van der Waals surface area contributed by atoms with Crippen LogP contribution in [0.2, 0.25) is 0 Å². The summed E-state index contributed by atoms with van der Waals surface area (Å²) >= 11 is 0. The molecule has 2 aliphatic carbocycles. The lowest BCUT2D eigenvalue weighted by Crippen LogP contribution is -2.38. The van der Waals surface area contributed by atoms with E-state index in [4.69, 9.17) is 0 Å². The molecular weight excluding hydrogens is 182 g/mol. The molecule has 1 heteroatoms. The van der Waals surface area contributed by atoms with E-state index >= 15 is 0 Å². The van der Waals surface area contributed by atoms with Gasteiger partial charge in [0.25, 0.3) is 0 Å². The Morgan fingerprint density at radius 1 is 0.667 bits per heavy atom. The van der Waals surface area contributed by atoms with E-state index in [2.05, 4.69) is 4.90 Å². The van der Waals surface area contributed by atoms with E-state index in [0.29, 0.717) is 0 Å².